The van der Waals surface area contributed by atoms with Crippen LogP contribution in [0.5, 0.6) is 0 Å². The molecule has 1 aromatic heterocycles. The summed E-state index contributed by atoms with van der Waals surface area (Å²) >= 11 is 0. The first-order valence-corrected chi connectivity index (χ1v) is 7.54. The van der Waals surface area contributed by atoms with Crippen molar-refractivity contribution in [1.82, 2.24) is 4.98 Å². The summed E-state index contributed by atoms with van der Waals surface area (Å²) in [7, 11) is 0. The first kappa shape index (κ1) is 13.4. The Morgan fingerprint density at radius 3 is 2.70 bits per heavy atom. The van der Waals surface area contributed by atoms with Gasteiger partial charge >= 0.3 is 0 Å². The number of piperidine rings is 1. The van der Waals surface area contributed by atoms with Crippen molar-refractivity contribution in [2.24, 2.45) is 11.7 Å². The largest absolute Gasteiger partial charge is 0.353 e. The molecule has 1 saturated heterocycles. The number of hydrogen-bond acceptors (Lipinski definition) is 3. The van der Waals surface area contributed by atoms with E-state index in [0.717, 1.165) is 23.8 Å². The van der Waals surface area contributed by atoms with Gasteiger partial charge in [0.1, 0.15) is 5.82 Å². The molecule has 2 N–H and O–H groups in total. The van der Waals surface area contributed by atoms with Gasteiger partial charge in [0, 0.05) is 30.7 Å². The van der Waals surface area contributed by atoms with Crippen LogP contribution in [-0.4, -0.2) is 17.6 Å². The summed E-state index contributed by atoms with van der Waals surface area (Å²) in [4.78, 5) is 7.20. The predicted octanol–water partition coefficient (Wildman–Crippen LogP) is 3.32. The van der Waals surface area contributed by atoms with E-state index in [1.807, 2.05) is 6.20 Å². The maximum Gasteiger partial charge on any atom is 0.136 e. The molecule has 2 atom stereocenters. The molecule has 2 heterocycles. The molecule has 2 unspecified atom stereocenters. The van der Waals surface area contributed by atoms with E-state index in [2.05, 4.69) is 43.0 Å². The number of nitrogens with zero attached hydrogens (tertiary/aromatic N) is 2. The summed E-state index contributed by atoms with van der Waals surface area (Å²) in [5.41, 5.74) is 6.97. The standard InChI is InChI=1S/C17H23N3/c1-12-7-8-13(2)20(11-12)17-16-6-4-3-5-15(16)14(9-18)10-19-17/h3-6,10,12-13H,7-9,11,18H2,1-2H3. The second kappa shape index (κ2) is 5.41. The van der Waals surface area contributed by atoms with Crippen molar-refractivity contribution < 1.29 is 0 Å². The molecule has 1 fully saturated rings. The van der Waals surface area contributed by atoms with Crippen LogP contribution in [0.25, 0.3) is 10.8 Å². The monoisotopic (exact) mass is 269 g/mol. The van der Waals surface area contributed by atoms with E-state index >= 15 is 0 Å². The zero-order chi connectivity index (χ0) is 14.1. The van der Waals surface area contributed by atoms with Gasteiger partial charge in [0.2, 0.25) is 0 Å². The minimum absolute atomic E-state index is 0.541. The minimum atomic E-state index is 0.541. The van der Waals surface area contributed by atoms with Crippen LogP contribution in [0.3, 0.4) is 0 Å². The van der Waals surface area contributed by atoms with Crippen molar-refractivity contribution in [3.05, 3.63) is 36.0 Å². The molecule has 3 heteroatoms. The highest BCUT2D eigenvalue weighted by atomic mass is 15.2. The molecule has 0 bridgehead atoms. The summed E-state index contributed by atoms with van der Waals surface area (Å²) in [5, 5.41) is 2.47. The lowest BCUT2D eigenvalue weighted by molar-refractivity contribution is 0.389. The lowest BCUT2D eigenvalue weighted by atomic mass is 9.94. The molecule has 0 saturated carbocycles. The van der Waals surface area contributed by atoms with Gasteiger partial charge in [0.25, 0.3) is 0 Å². The summed E-state index contributed by atoms with van der Waals surface area (Å²) in [5.74, 6) is 1.86. The lowest BCUT2D eigenvalue weighted by Gasteiger charge is -2.38. The van der Waals surface area contributed by atoms with E-state index in [1.165, 1.54) is 23.6 Å². The van der Waals surface area contributed by atoms with Gasteiger partial charge in [-0.3, -0.25) is 0 Å². The molecule has 2 aromatic rings. The third kappa shape index (κ3) is 2.27. The van der Waals surface area contributed by atoms with Crippen molar-refractivity contribution in [3.63, 3.8) is 0 Å². The average Bonchev–Trinajstić information content (AvgIpc) is 2.49. The zero-order valence-corrected chi connectivity index (χ0v) is 12.3. The average molecular weight is 269 g/mol. The summed E-state index contributed by atoms with van der Waals surface area (Å²) < 4.78 is 0. The molecule has 0 aliphatic carbocycles. The van der Waals surface area contributed by atoms with E-state index in [1.54, 1.807) is 0 Å². The second-order valence-corrected chi connectivity index (χ2v) is 6.04. The van der Waals surface area contributed by atoms with Crippen LogP contribution in [0, 0.1) is 5.92 Å². The maximum absolute atomic E-state index is 5.84. The van der Waals surface area contributed by atoms with Crippen LogP contribution < -0.4 is 10.6 Å². The molecule has 0 spiro atoms. The highest BCUT2D eigenvalue weighted by Crippen LogP contribution is 2.32. The van der Waals surface area contributed by atoms with Crippen LogP contribution in [0.15, 0.2) is 30.5 Å². The molecule has 106 valence electrons. The maximum atomic E-state index is 5.84. The van der Waals surface area contributed by atoms with E-state index in [9.17, 15) is 0 Å². The van der Waals surface area contributed by atoms with Gasteiger partial charge in [0.05, 0.1) is 0 Å². The van der Waals surface area contributed by atoms with Gasteiger partial charge in [-0.05, 0) is 36.6 Å². The van der Waals surface area contributed by atoms with Crippen molar-refractivity contribution in [1.29, 1.82) is 0 Å². The molecular weight excluding hydrogens is 246 g/mol. The molecule has 3 rings (SSSR count). The number of anilines is 1. The summed E-state index contributed by atoms with van der Waals surface area (Å²) in [6.07, 6.45) is 4.51. The fourth-order valence-corrected chi connectivity index (χ4v) is 3.21. The van der Waals surface area contributed by atoms with Crippen LogP contribution in [-0.2, 0) is 6.54 Å². The highest BCUT2D eigenvalue weighted by molar-refractivity contribution is 5.94. The molecule has 1 aliphatic heterocycles. The van der Waals surface area contributed by atoms with Crippen molar-refractivity contribution in [3.8, 4) is 0 Å². The first-order chi connectivity index (χ1) is 9.70. The quantitative estimate of drug-likeness (QED) is 0.909. The van der Waals surface area contributed by atoms with Crippen molar-refractivity contribution >= 4 is 16.6 Å². The Morgan fingerprint density at radius 1 is 1.20 bits per heavy atom. The molecule has 1 aromatic carbocycles. The first-order valence-electron chi connectivity index (χ1n) is 7.54. The SMILES string of the molecule is CC1CCC(C)N(c2ncc(CN)c3ccccc23)C1. The lowest BCUT2D eigenvalue weighted by Crippen LogP contribution is -2.41. The zero-order valence-electron chi connectivity index (χ0n) is 12.3. The molecule has 0 radical (unpaired) electrons. The molecule has 3 nitrogen and oxygen atoms in total. The molecule has 0 amide bonds. The van der Waals surface area contributed by atoms with Gasteiger partial charge in [-0.15, -0.1) is 0 Å². The number of hydrogen-bond donors (Lipinski definition) is 1. The van der Waals surface area contributed by atoms with E-state index in [4.69, 9.17) is 10.7 Å². The molecular formula is C17H23N3. The minimum Gasteiger partial charge on any atom is -0.353 e. The normalized spacial score (nSPS) is 23.2. The Morgan fingerprint density at radius 2 is 1.95 bits per heavy atom. The van der Waals surface area contributed by atoms with Crippen molar-refractivity contribution in [2.75, 3.05) is 11.4 Å². The van der Waals surface area contributed by atoms with E-state index in [-0.39, 0.29) is 0 Å². The van der Waals surface area contributed by atoms with Crippen LogP contribution in [0.4, 0.5) is 5.82 Å². The topological polar surface area (TPSA) is 42.2 Å². The van der Waals surface area contributed by atoms with E-state index in [0.29, 0.717) is 12.6 Å². The van der Waals surface area contributed by atoms with Gasteiger partial charge < -0.3 is 10.6 Å². The number of pyridine rings is 1. The van der Waals surface area contributed by atoms with Crippen molar-refractivity contribution in [2.45, 2.75) is 39.3 Å². The summed E-state index contributed by atoms with van der Waals surface area (Å²) in [6.45, 7) is 6.27. The van der Waals surface area contributed by atoms with E-state index < -0.39 is 0 Å². The number of aromatic nitrogens is 1. The number of nitrogens with two attached hydrogens (primary N) is 1. The molecule has 20 heavy (non-hydrogen) atoms. The third-order valence-electron chi connectivity index (χ3n) is 4.47. The highest BCUT2D eigenvalue weighted by Gasteiger charge is 2.25. The Labute approximate surface area is 120 Å². The Hall–Kier alpha value is -1.61. The Balaban J connectivity index is 2.12. The predicted molar refractivity (Wildman–Crippen MR) is 84.8 cm³/mol. The van der Waals surface area contributed by atoms with Crippen LogP contribution in [0.2, 0.25) is 0 Å². The van der Waals surface area contributed by atoms with Gasteiger partial charge in [-0.25, -0.2) is 4.98 Å². The van der Waals surface area contributed by atoms with Gasteiger partial charge in [0.15, 0.2) is 0 Å². The fraction of sp³-hybridized carbons (Fsp3) is 0.471. The Kier molecular flexibility index (Phi) is 3.62. The van der Waals surface area contributed by atoms with Gasteiger partial charge in [-0.1, -0.05) is 31.2 Å². The Bertz CT molecular complexity index is 608. The van der Waals surface area contributed by atoms with Gasteiger partial charge in [-0.2, -0.15) is 0 Å². The smallest absolute Gasteiger partial charge is 0.136 e. The fourth-order valence-electron chi connectivity index (χ4n) is 3.21. The second-order valence-electron chi connectivity index (χ2n) is 6.04. The third-order valence-corrected chi connectivity index (χ3v) is 4.47. The number of fused-ring (bicyclic) bond motifs is 1. The van der Waals surface area contributed by atoms with Crippen LogP contribution in [0.1, 0.15) is 32.3 Å². The number of rotatable bonds is 2. The summed E-state index contributed by atoms with van der Waals surface area (Å²) in [6, 6.07) is 9.05. The number of benzene rings is 1. The molecule has 1 aliphatic rings. The van der Waals surface area contributed by atoms with Crippen LogP contribution >= 0.6 is 0 Å².